The molecule has 5 heteroatoms. The molecule has 2 rings (SSSR count). The van der Waals surface area contributed by atoms with Gasteiger partial charge in [-0.1, -0.05) is 62.4 Å². The van der Waals surface area contributed by atoms with Crippen molar-refractivity contribution in [1.29, 1.82) is 0 Å². The van der Waals surface area contributed by atoms with E-state index in [9.17, 15) is 0 Å². The van der Waals surface area contributed by atoms with E-state index in [1.807, 2.05) is 0 Å². The first-order valence-corrected chi connectivity index (χ1v) is 9.77. The first-order valence-electron chi connectivity index (χ1n) is 6.63. The van der Waals surface area contributed by atoms with Gasteiger partial charge in [0.25, 0.3) is 0 Å². The summed E-state index contributed by atoms with van der Waals surface area (Å²) in [6.07, 6.45) is 10.1. The van der Waals surface area contributed by atoms with Crippen LogP contribution in [-0.4, -0.2) is 8.42 Å². The maximum atomic E-state index is 9.16. The minimum absolute atomic E-state index is 1.02. The van der Waals surface area contributed by atoms with Crippen molar-refractivity contribution in [3.05, 3.63) is 35.9 Å². The molecular formula is C14H20Cl2O2S. The van der Waals surface area contributed by atoms with Crippen molar-refractivity contribution in [2.45, 2.75) is 44.9 Å². The van der Waals surface area contributed by atoms with Crippen molar-refractivity contribution >= 4 is 29.6 Å². The molecule has 0 aromatic heterocycles. The van der Waals surface area contributed by atoms with Crippen molar-refractivity contribution in [3.8, 4) is 0 Å². The number of hydrogen-bond donors (Lipinski definition) is 0. The van der Waals surface area contributed by atoms with Crippen LogP contribution in [0.2, 0.25) is 0 Å². The van der Waals surface area contributed by atoms with Gasteiger partial charge in [-0.2, -0.15) is 8.42 Å². The van der Waals surface area contributed by atoms with Gasteiger partial charge in [-0.3, -0.25) is 0 Å². The molecule has 0 spiro atoms. The Balaban J connectivity index is 0.000000312. The van der Waals surface area contributed by atoms with Gasteiger partial charge in [-0.25, -0.2) is 0 Å². The highest BCUT2D eigenvalue weighted by Crippen LogP contribution is 2.27. The van der Waals surface area contributed by atoms with E-state index in [0.717, 1.165) is 5.92 Å². The Bertz CT molecular complexity index is 432. The molecular weight excluding hydrogens is 303 g/mol. The third kappa shape index (κ3) is 10.2. The highest BCUT2D eigenvalue weighted by Gasteiger charge is 2.12. The summed E-state index contributed by atoms with van der Waals surface area (Å²) < 4.78 is 18.3. The van der Waals surface area contributed by atoms with Crippen LogP contribution in [0.4, 0.5) is 0 Å². The maximum Gasteiger partial charge on any atom is 0.317 e. The zero-order valence-electron chi connectivity index (χ0n) is 10.9. The van der Waals surface area contributed by atoms with Crippen molar-refractivity contribution in [3.63, 3.8) is 0 Å². The van der Waals surface area contributed by atoms with Gasteiger partial charge in [0, 0.05) is 21.4 Å². The van der Waals surface area contributed by atoms with Crippen LogP contribution in [0.25, 0.3) is 0 Å². The minimum Gasteiger partial charge on any atom is -0.195 e. The van der Waals surface area contributed by atoms with Gasteiger partial charge in [0.1, 0.15) is 0 Å². The van der Waals surface area contributed by atoms with E-state index in [0.29, 0.717) is 0 Å². The molecule has 2 nitrogen and oxygen atoms in total. The predicted molar refractivity (Wildman–Crippen MR) is 82.0 cm³/mol. The Morgan fingerprint density at radius 1 is 1.00 bits per heavy atom. The number of benzene rings is 1. The molecule has 1 aliphatic carbocycles. The standard InChI is InChI=1S/C14H20.Cl2O2S/c1-3-7-13(8-4-1)11-12-14-9-5-2-6-10-14;1-5(2,3)4/h1,3-4,7-8,14H,2,5-6,9-12H2;. The summed E-state index contributed by atoms with van der Waals surface area (Å²) in [7, 11) is 4.81. The first-order chi connectivity index (χ1) is 8.95. The first kappa shape index (κ1) is 16.8. The summed E-state index contributed by atoms with van der Waals surface area (Å²) in [5, 5.41) is 0. The summed E-state index contributed by atoms with van der Waals surface area (Å²) in [6, 6.07) is 10.9. The minimum atomic E-state index is -3.72. The summed E-state index contributed by atoms with van der Waals surface area (Å²) in [5.41, 5.74) is 1.51. The second kappa shape index (κ2) is 8.83. The van der Waals surface area contributed by atoms with Crippen LogP contribution in [0.5, 0.6) is 0 Å². The molecule has 0 heterocycles. The van der Waals surface area contributed by atoms with Crippen LogP contribution < -0.4 is 0 Å². The van der Waals surface area contributed by atoms with Crippen LogP contribution in [0.1, 0.15) is 44.1 Å². The topological polar surface area (TPSA) is 34.1 Å². The highest BCUT2D eigenvalue weighted by molar-refractivity contribution is 8.31. The van der Waals surface area contributed by atoms with E-state index in [1.165, 1.54) is 50.5 Å². The molecule has 0 amide bonds. The Kier molecular flexibility index (Phi) is 7.81. The molecule has 1 aromatic rings. The zero-order valence-corrected chi connectivity index (χ0v) is 13.2. The molecule has 0 bridgehead atoms. The van der Waals surface area contributed by atoms with Gasteiger partial charge in [0.15, 0.2) is 0 Å². The Hall–Kier alpha value is -0.250. The average Bonchev–Trinajstić information content (AvgIpc) is 2.37. The second-order valence-corrected chi connectivity index (χ2v) is 8.57. The number of hydrogen-bond acceptors (Lipinski definition) is 2. The Morgan fingerprint density at radius 3 is 2.05 bits per heavy atom. The smallest absolute Gasteiger partial charge is 0.195 e. The quantitative estimate of drug-likeness (QED) is 0.741. The zero-order chi connectivity index (χ0) is 14.1. The van der Waals surface area contributed by atoms with E-state index >= 15 is 0 Å². The van der Waals surface area contributed by atoms with Crippen molar-refractivity contribution in [1.82, 2.24) is 0 Å². The van der Waals surface area contributed by atoms with E-state index in [4.69, 9.17) is 8.42 Å². The van der Waals surface area contributed by atoms with Gasteiger partial charge < -0.3 is 0 Å². The van der Waals surface area contributed by atoms with Gasteiger partial charge in [0.05, 0.1) is 0 Å². The third-order valence-electron chi connectivity index (χ3n) is 3.41. The molecule has 108 valence electrons. The number of aryl methyl sites for hydroxylation is 1. The van der Waals surface area contributed by atoms with Crippen molar-refractivity contribution in [2.75, 3.05) is 0 Å². The van der Waals surface area contributed by atoms with Crippen LogP contribution in [0.15, 0.2) is 30.3 Å². The van der Waals surface area contributed by atoms with Crippen LogP contribution >= 0.6 is 21.4 Å². The van der Waals surface area contributed by atoms with Crippen molar-refractivity contribution in [2.24, 2.45) is 5.92 Å². The molecule has 0 radical (unpaired) electrons. The summed E-state index contributed by atoms with van der Waals surface area (Å²) in [5.74, 6) is 1.02. The molecule has 0 atom stereocenters. The SMILES string of the molecule is O=S(=O)(Cl)Cl.c1ccc(CCC2CCCCC2)cc1. The molecule has 0 saturated heterocycles. The van der Waals surface area contributed by atoms with Crippen LogP contribution in [-0.2, 0) is 14.7 Å². The fraction of sp³-hybridized carbons (Fsp3) is 0.571. The average molecular weight is 323 g/mol. The molecule has 0 unspecified atom stereocenters. The molecule has 1 saturated carbocycles. The molecule has 19 heavy (non-hydrogen) atoms. The van der Waals surface area contributed by atoms with E-state index in [2.05, 4.69) is 51.7 Å². The summed E-state index contributed by atoms with van der Waals surface area (Å²) >= 11 is 0. The summed E-state index contributed by atoms with van der Waals surface area (Å²) in [6.45, 7) is 0. The van der Waals surface area contributed by atoms with Gasteiger partial charge >= 0.3 is 8.26 Å². The lowest BCUT2D eigenvalue weighted by atomic mass is 9.85. The lowest BCUT2D eigenvalue weighted by Gasteiger charge is -2.21. The Labute approximate surface area is 125 Å². The van der Waals surface area contributed by atoms with Gasteiger partial charge in [0.2, 0.25) is 0 Å². The molecule has 1 aliphatic rings. The maximum absolute atomic E-state index is 9.16. The molecule has 1 fully saturated rings. The van der Waals surface area contributed by atoms with Gasteiger partial charge in [-0.05, 0) is 24.3 Å². The lowest BCUT2D eigenvalue weighted by molar-refractivity contribution is 0.339. The molecule has 0 N–H and O–H groups in total. The fourth-order valence-corrected chi connectivity index (χ4v) is 2.49. The van der Waals surface area contributed by atoms with Gasteiger partial charge in [-0.15, -0.1) is 0 Å². The third-order valence-corrected chi connectivity index (χ3v) is 3.41. The molecule has 1 aromatic carbocycles. The monoisotopic (exact) mass is 322 g/mol. The second-order valence-electron chi connectivity index (χ2n) is 4.91. The van der Waals surface area contributed by atoms with Crippen molar-refractivity contribution < 1.29 is 8.42 Å². The lowest BCUT2D eigenvalue weighted by Crippen LogP contribution is -2.07. The molecule has 0 aliphatic heterocycles. The number of rotatable bonds is 3. The number of halogens is 2. The largest absolute Gasteiger partial charge is 0.317 e. The highest BCUT2D eigenvalue weighted by atomic mass is 36.0. The van der Waals surface area contributed by atoms with E-state index < -0.39 is 8.26 Å². The Morgan fingerprint density at radius 2 is 1.53 bits per heavy atom. The predicted octanol–water partition coefficient (Wildman–Crippen LogP) is 4.91. The van der Waals surface area contributed by atoms with Crippen LogP contribution in [0, 0.1) is 5.92 Å². The normalized spacial score (nSPS) is 16.5. The fourth-order valence-electron chi connectivity index (χ4n) is 2.49. The van der Waals surface area contributed by atoms with E-state index in [-0.39, 0.29) is 0 Å². The van der Waals surface area contributed by atoms with E-state index in [1.54, 1.807) is 0 Å². The van der Waals surface area contributed by atoms with Crippen LogP contribution in [0.3, 0.4) is 0 Å². The summed E-state index contributed by atoms with van der Waals surface area (Å²) in [4.78, 5) is 0.